The van der Waals surface area contributed by atoms with Gasteiger partial charge in [-0.15, -0.1) is 0 Å². The fourth-order valence-corrected chi connectivity index (χ4v) is 3.91. The number of hydrogen-bond donors (Lipinski definition) is 1. The van der Waals surface area contributed by atoms with Gasteiger partial charge in [0.25, 0.3) is 0 Å². The van der Waals surface area contributed by atoms with Gasteiger partial charge in [0.15, 0.2) is 0 Å². The largest absolute Gasteiger partial charge is 0.216 e. The van der Waals surface area contributed by atoms with E-state index in [0.717, 1.165) is 5.56 Å². The molecule has 0 radical (unpaired) electrons. The Hall–Kier alpha value is -1.14. The molecule has 2 aromatic rings. The third-order valence-corrected chi connectivity index (χ3v) is 7.30. The van der Waals surface area contributed by atoms with Gasteiger partial charge in [-0.25, -0.2) is 17.5 Å². The van der Waals surface area contributed by atoms with Crippen molar-refractivity contribution in [2.75, 3.05) is 6.54 Å². The molecule has 0 bridgehead atoms. The van der Waals surface area contributed by atoms with Crippen molar-refractivity contribution in [1.29, 1.82) is 0 Å². The highest BCUT2D eigenvalue weighted by Gasteiger charge is 2.31. The van der Waals surface area contributed by atoms with Crippen LogP contribution in [0.15, 0.2) is 42.5 Å². The summed E-state index contributed by atoms with van der Waals surface area (Å²) in [5.74, 6) is -0.978. The number of halogens is 3. The molecule has 0 spiro atoms. The van der Waals surface area contributed by atoms with E-state index in [1.807, 2.05) is 19.1 Å². The standard InChI is InChI=1S/C20H24Cl2FNO2S/c1-13(17-10-9-16(22)11-19(17)23)18(14-5-7-15(21)8-6-14)12-24-27(25,26)20(2,3)4/h5-11,13,18,24H,12H2,1-4H3. The lowest BCUT2D eigenvalue weighted by atomic mass is 9.82. The SMILES string of the molecule is CC(c1ccc(Cl)cc1F)C(CNS(=O)(=O)C(C)(C)C)c1ccc(Cl)cc1. The summed E-state index contributed by atoms with van der Waals surface area (Å²) < 4.78 is 41.2. The van der Waals surface area contributed by atoms with Gasteiger partial charge in [0.05, 0.1) is 4.75 Å². The Labute approximate surface area is 170 Å². The van der Waals surface area contributed by atoms with Crippen LogP contribution in [-0.2, 0) is 10.0 Å². The van der Waals surface area contributed by atoms with Gasteiger partial charge in [-0.3, -0.25) is 0 Å². The average Bonchev–Trinajstić information content (AvgIpc) is 2.55. The van der Waals surface area contributed by atoms with Crippen molar-refractivity contribution in [2.45, 2.75) is 44.3 Å². The molecule has 2 atom stereocenters. The average molecular weight is 432 g/mol. The molecule has 0 aliphatic heterocycles. The van der Waals surface area contributed by atoms with E-state index in [0.29, 0.717) is 15.6 Å². The van der Waals surface area contributed by atoms with E-state index in [2.05, 4.69) is 4.72 Å². The van der Waals surface area contributed by atoms with Gasteiger partial charge in [-0.1, -0.05) is 48.3 Å². The third kappa shape index (κ3) is 5.44. The number of sulfonamides is 1. The number of benzene rings is 2. The molecule has 2 aromatic carbocycles. The molecule has 0 aromatic heterocycles. The molecule has 0 aliphatic rings. The van der Waals surface area contributed by atoms with Gasteiger partial charge in [-0.2, -0.15) is 0 Å². The lowest BCUT2D eigenvalue weighted by Gasteiger charge is -2.28. The Morgan fingerprint density at radius 2 is 1.59 bits per heavy atom. The molecule has 0 saturated carbocycles. The predicted octanol–water partition coefficient (Wildman–Crippen LogP) is 5.74. The van der Waals surface area contributed by atoms with Crippen molar-refractivity contribution in [2.24, 2.45) is 0 Å². The summed E-state index contributed by atoms with van der Waals surface area (Å²) in [4.78, 5) is 0. The molecule has 0 saturated heterocycles. The fourth-order valence-electron chi connectivity index (χ4n) is 2.80. The molecule has 27 heavy (non-hydrogen) atoms. The maximum atomic E-state index is 14.5. The molecule has 0 amide bonds. The van der Waals surface area contributed by atoms with Crippen LogP contribution in [0.1, 0.15) is 50.7 Å². The first-order valence-electron chi connectivity index (χ1n) is 8.62. The Morgan fingerprint density at radius 3 is 2.11 bits per heavy atom. The van der Waals surface area contributed by atoms with E-state index >= 15 is 0 Å². The lowest BCUT2D eigenvalue weighted by Crippen LogP contribution is -2.41. The van der Waals surface area contributed by atoms with Crippen LogP contribution in [0.2, 0.25) is 10.0 Å². The van der Waals surface area contributed by atoms with E-state index < -0.39 is 20.6 Å². The van der Waals surface area contributed by atoms with Crippen LogP contribution in [-0.4, -0.2) is 19.7 Å². The van der Waals surface area contributed by atoms with Crippen LogP contribution in [0.3, 0.4) is 0 Å². The van der Waals surface area contributed by atoms with Crippen LogP contribution in [0.5, 0.6) is 0 Å². The van der Waals surface area contributed by atoms with Gasteiger partial charge in [0, 0.05) is 22.5 Å². The predicted molar refractivity (Wildman–Crippen MR) is 111 cm³/mol. The second-order valence-electron chi connectivity index (χ2n) is 7.58. The summed E-state index contributed by atoms with van der Waals surface area (Å²) in [6, 6.07) is 11.7. The van der Waals surface area contributed by atoms with Gasteiger partial charge in [0.1, 0.15) is 5.82 Å². The Bertz CT molecular complexity index is 893. The van der Waals surface area contributed by atoms with Crippen LogP contribution in [0, 0.1) is 5.82 Å². The zero-order chi connectivity index (χ0) is 20.4. The molecule has 1 N–H and O–H groups in total. The summed E-state index contributed by atoms with van der Waals surface area (Å²) in [7, 11) is -3.53. The molecule has 7 heteroatoms. The highest BCUT2D eigenvalue weighted by atomic mass is 35.5. The maximum absolute atomic E-state index is 14.5. The Balaban J connectivity index is 2.39. The first-order valence-corrected chi connectivity index (χ1v) is 10.9. The zero-order valence-corrected chi connectivity index (χ0v) is 18.1. The lowest BCUT2D eigenvalue weighted by molar-refractivity contribution is 0.505. The molecule has 148 valence electrons. The van der Waals surface area contributed by atoms with E-state index in [-0.39, 0.29) is 18.4 Å². The molecule has 2 rings (SSSR count). The second kappa shape index (κ2) is 8.48. The first-order chi connectivity index (χ1) is 12.4. The smallest absolute Gasteiger partial charge is 0.214 e. The molecule has 0 fully saturated rings. The van der Waals surface area contributed by atoms with E-state index in [1.165, 1.54) is 6.07 Å². The molecule has 0 heterocycles. The maximum Gasteiger partial charge on any atom is 0.216 e. The summed E-state index contributed by atoms with van der Waals surface area (Å²) in [6.45, 7) is 6.92. The van der Waals surface area contributed by atoms with Crippen LogP contribution in [0.25, 0.3) is 0 Å². The van der Waals surface area contributed by atoms with Crippen LogP contribution < -0.4 is 4.72 Å². The van der Waals surface area contributed by atoms with Gasteiger partial charge in [0.2, 0.25) is 10.0 Å². The zero-order valence-electron chi connectivity index (χ0n) is 15.8. The van der Waals surface area contributed by atoms with Crippen molar-refractivity contribution in [3.63, 3.8) is 0 Å². The summed E-state index contributed by atoms with van der Waals surface area (Å²) in [6.07, 6.45) is 0. The monoisotopic (exact) mass is 431 g/mol. The van der Waals surface area contributed by atoms with E-state index in [4.69, 9.17) is 23.2 Å². The fraction of sp³-hybridized carbons (Fsp3) is 0.400. The van der Waals surface area contributed by atoms with Crippen LogP contribution >= 0.6 is 23.2 Å². The van der Waals surface area contributed by atoms with Crippen molar-refractivity contribution < 1.29 is 12.8 Å². The minimum Gasteiger partial charge on any atom is -0.214 e. The second-order valence-corrected chi connectivity index (χ2v) is 11.0. The van der Waals surface area contributed by atoms with E-state index in [1.54, 1.807) is 45.0 Å². The number of hydrogen-bond acceptors (Lipinski definition) is 2. The molecule has 3 nitrogen and oxygen atoms in total. The molecule has 2 unspecified atom stereocenters. The third-order valence-electron chi connectivity index (χ3n) is 4.65. The summed E-state index contributed by atoms with van der Waals surface area (Å²) in [5.41, 5.74) is 1.35. The normalized spacial score (nSPS) is 14.8. The molecular weight excluding hydrogens is 408 g/mol. The number of nitrogens with one attached hydrogen (secondary N) is 1. The number of rotatable bonds is 6. The van der Waals surface area contributed by atoms with Gasteiger partial charge in [-0.05, 0) is 62.1 Å². The van der Waals surface area contributed by atoms with Crippen molar-refractivity contribution in [3.8, 4) is 0 Å². The first kappa shape index (κ1) is 22.2. The summed E-state index contributed by atoms with van der Waals surface area (Å²) in [5, 5.41) is 0.901. The van der Waals surface area contributed by atoms with Gasteiger partial charge >= 0.3 is 0 Å². The minimum atomic E-state index is -3.53. The Morgan fingerprint density at radius 1 is 1.04 bits per heavy atom. The van der Waals surface area contributed by atoms with Crippen molar-refractivity contribution in [3.05, 3.63) is 69.5 Å². The molecule has 0 aliphatic carbocycles. The minimum absolute atomic E-state index is 0.143. The van der Waals surface area contributed by atoms with Crippen LogP contribution in [0.4, 0.5) is 4.39 Å². The Kier molecular flexibility index (Phi) is 6.96. The van der Waals surface area contributed by atoms with Crippen molar-refractivity contribution >= 4 is 33.2 Å². The van der Waals surface area contributed by atoms with Gasteiger partial charge < -0.3 is 0 Å². The summed E-state index contributed by atoms with van der Waals surface area (Å²) >= 11 is 11.8. The highest BCUT2D eigenvalue weighted by Crippen LogP contribution is 2.35. The van der Waals surface area contributed by atoms with E-state index in [9.17, 15) is 12.8 Å². The quantitative estimate of drug-likeness (QED) is 0.633. The highest BCUT2D eigenvalue weighted by molar-refractivity contribution is 7.90. The van der Waals surface area contributed by atoms with Crippen molar-refractivity contribution in [1.82, 2.24) is 4.72 Å². The topological polar surface area (TPSA) is 46.2 Å². The molecular formula is C20H24Cl2FNO2S.